The van der Waals surface area contributed by atoms with Gasteiger partial charge in [0.05, 0.1) is 29.6 Å². The molecule has 8 nitrogen and oxygen atoms in total. The average Bonchev–Trinajstić information content (AvgIpc) is 3.27. The molecule has 0 aliphatic carbocycles. The summed E-state index contributed by atoms with van der Waals surface area (Å²) in [6.07, 6.45) is 2.08. The fraction of sp³-hybridized carbons (Fsp3) is 0.500. The molecular formula is C14H18N4O4S3. The van der Waals surface area contributed by atoms with Crippen molar-refractivity contribution in [3.05, 3.63) is 24.2 Å². The number of nitrogens with one attached hydrogen (secondary N) is 2. The Morgan fingerprint density at radius 2 is 2.36 bits per heavy atom. The predicted octanol–water partition coefficient (Wildman–Crippen LogP) is 1.53. The van der Waals surface area contributed by atoms with Gasteiger partial charge in [0.2, 0.25) is 11.0 Å². The topological polar surface area (TPSA) is 114 Å². The van der Waals surface area contributed by atoms with Crippen LogP contribution in [0.3, 0.4) is 0 Å². The van der Waals surface area contributed by atoms with Gasteiger partial charge in [-0.25, -0.2) is 8.42 Å². The first-order valence-corrected chi connectivity index (χ1v) is 11.2. The number of hydrogen-bond acceptors (Lipinski definition) is 9. The smallest absolute Gasteiger partial charge is 0.233 e. The number of rotatable bonds is 7. The van der Waals surface area contributed by atoms with Crippen LogP contribution in [0, 0.1) is 0 Å². The van der Waals surface area contributed by atoms with Crippen molar-refractivity contribution in [2.24, 2.45) is 0 Å². The zero-order chi connectivity index (χ0) is 17.9. The molecule has 0 spiro atoms. The molecule has 1 saturated heterocycles. The summed E-state index contributed by atoms with van der Waals surface area (Å²) < 4.78 is 28.8. The lowest BCUT2D eigenvalue weighted by Gasteiger charge is -2.14. The van der Waals surface area contributed by atoms with Crippen molar-refractivity contribution in [2.45, 2.75) is 35.5 Å². The summed E-state index contributed by atoms with van der Waals surface area (Å²) in [5.41, 5.74) is 0. The molecule has 2 aromatic heterocycles. The molecule has 3 rings (SSSR count). The summed E-state index contributed by atoms with van der Waals surface area (Å²) in [5.74, 6) is 0.771. The van der Waals surface area contributed by atoms with Gasteiger partial charge in [-0.15, -0.1) is 10.2 Å². The first-order valence-electron chi connectivity index (χ1n) is 7.68. The molecule has 1 aliphatic rings. The molecule has 25 heavy (non-hydrogen) atoms. The van der Waals surface area contributed by atoms with Crippen molar-refractivity contribution < 1.29 is 17.6 Å². The molecule has 2 N–H and O–H groups in total. The standard InChI is InChI=1S/C14H18N4O4S3/c1-9(12(19)16-10-4-6-25(20,21)8-10)23-14-18-17-13(24-14)15-7-11-3-2-5-22-11/h2-3,5,9-10H,4,6-8H2,1H3,(H,15,17)(H,16,19)/t9-,10+/m1/s1. The summed E-state index contributed by atoms with van der Waals surface area (Å²) in [4.78, 5) is 12.2. The Labute approximate surface area is 153 Å². The lowest BCUT2D eigenvalue weighted by molar-refractivity contribution is -0.120. The van der Waals surface area contributed by atoms with Gasteiger partial charge in [0.15, 0.2) is 14.2 Å². The van der Waals surface area contributed by atoms with Gasteiger partial charge in [-0.05, 0) is 25.5 Å². The highest BCUT2D eigenvalue weighted by Crippen LogP contribution is 2.29. The van der Waals surface area contributed by atoms with Crippen LogP contribution in [-0.4, -0.2) is 47.3 Å². The van der Waals surface area contributed by atoms with Crippen LogP contribution in [0.4, 0.5) is 5.13 Å². The molecule has 0 saturated carbocycles. The Balaban J connectivity index is 1.47. The van der Waals surface area contributed by atoms with Gasteiger partial charge in [0.25, 0.3) is 0 Å². The summed E-state index contributed by atoms with van der Waals surface area (Å²) in [6.45, 7) is 2.28. The fourth-order valence-corrected chi connectivity index (χ4v) is 5.91. The molecule has 1 fully saturated rings. The molecule has 0 bridgehead atoms. The van der Waals surface area contributed by atoms with E-state index in [1.165, 1.54) is 23.1 Å². The Morgan fingerprint density at radius 3 is 3.04 bits per heavy atom. The zero-order valence-corrected chi connectivity index (χ0v) is 15.9. The number of carbonyl (C=O) groups is 1. The van der Waals surface area contributed by atoms with Gasteiger partial charge in [0.1, 0.15) is 5.76 Å². The van der Waals surface area contributed by atoms with E-state index in [1.54, 1.807) is 13.2 Å². The van der Waals surface area contributed by atoms with Crippen molar-refractivity contribution >= 4 is 44.0 Å². The second kappa shape index (κ2) is 7.75. The summed E-state index contributed by atoms with van der Waals surface area (Å²) in [7, 11) is -3.01. The summed E-state index contributed by atoms with van der Waals surface area (Å²) in [5, 5.41) is 14.3. The highest BCUT2D eigenvalue weighted by Gasteiger charge is 2.30. The molecule has 136 valence electrons. The number of sulfone groups is 1. The molecule has 0 radical (unpaired) electrons. The summed E-state index contributed by atoms with van der Waals surface area (Å²) in [6, 6.07) is 3.38. The highest BCUT2D eigenvalue weighted by atomic mass is 32.2. The van der Waals surface area contributed by atoms with E-state index in [0.29, 0.717) is 22.4 Å². The van der Waals surface area contributed by atoms with Crippen LogP contribution in [0.1, 0.15) is 19.1 Å². The number of aromatic nitrogens is 2. The first-order chi connectivity index (χ1) is 11.9. The largest absolute Gasteiger partial charge is 0.467 e. The van der Waals surface area contributed by atoms with E-state index in [-0.39, 0.29) is 28.7 Å². The Kier molecular flexibility index (Phi) is 5.64. The third-order valence-electron chi connectivity index (χ3n) is 3.63. The first kappa shape index (κ1) is 18.2. The van der Waals surface area contributed by atoms with Crippen molar-refractivity contribution in [3.8, 4) is 0 Å². The maximum atomic E-state index is 12.2. The molecule has 11 heteroatoms. The Hall–Kier alpha value is -1.59. The van der Waals surface area contributed by atoms with Crippen LogP contribution >= 0.6 is 23.1 Å². The highest BCUT2D eigenvalue weighted by molar-refractivity contribution is 8.02. The monoisotopic (exact) mass is 402 g/mol. The Morgan fingerprint density at radius 1 is 1.52 bits per heavy atom. The number of furan rings is 1. The quantitative estimate of drug-likeness (QED) is 0.670. The number of carbonyl (C=O) groups excluding carboxylic acids is 1. The van der Waals surface area contributed by atoms with Gasteiger partial charge >= 0.3 is 0 Å². The fourth-order valence-electron chi connectivity index (χ4n) is 2.34. The van der Waals surface area contributed by atoms with Crippen molar-refractivity contribution in [2.75, 3.05) is 16.8 Å². The number of amides is 1. The van der Waals surface area contributed by atoms with Crippen LogP contribution < -0.4 is 10.6 Å². The molecule has 3 heterocycles. The van der Waals surface area contributed by atoms with Crippen LogP contribution in [-0.2, 0) is 21.2 Å². The van der Waals surface area contributed by atoms with Gasteiger partial charge in [-0.1, -0.05) is 23.1 Å². The van der Waals surface area contributed by atoms with Crippen molar-refractivity contribution in [1.29, 1.82) is 0 Å². The minimum absolute atomic E-state index is 0.0236. The van der Waals surface area contributed by atoms with E-state index in [9.17, 15) is 13.2 Å². The zero-order valence-electron chi connectivity index (χ0n) is 13.5. The SMILES string of the molecule is C[C@@H](Sc1nnc(NCc2ccco2)s1)C(=O)N[C@H]1CCS(=O)(=O)C1. The van der Waals surface area contributed by atoms with E-state index >= 15 is 0 Å². The van der Waals surface area contributed by atoms with E-state index in [2.05, 4.69) is 20.8 Å². The number of anilines is 1. The van der Waals surface area contributed by atoms with Crippen LogP contribution in [0.25, 0.3) is 0 Å². The maximum absolute atomic E-state index is 12.2. The minimum Gasteiger partial charge on any atom is -0.467 e. The lowest BCUT2D eigenvalue weighted by atomic mass is 10.2. The van der Waals surface area contributed by atoms with E-state index < -0.39 is 9.84 Å². The molecule has 0 unspecified atom stereocenters. The van der Waals surface area contributed by atoms with Crippen LogP contribution in [0.2, 0.25) is 0 Å². The van der Waals surface area contributed by atoms with Crippen molar-refractivity contribution in [1.82, 2.24) is 15.5 Å². The second-order valence-electron chi connectivity index (χ2n) is 5.67. The van der Waals surface area contributed by atoms with E-state index in [0.717, 1.165) is 5.76 Å². The molecular weight excluding hydrogens is 384 g/mol. The minimum atomic E-state index is -3.01. The normalized spacial score (nSPS) is 20.3. The molecule has 2 aromatic rings. The predicted molar refractivity (Wildman–Crippen MR) is 96.5 cm³/mol. The van der Waals surface area contributed by atoms with Gasteiger partial charge < -0.3 is 15.1 Å². The van der Waals surface area contributed by atoms with Crippen molar-refractivity contribution in [3.63, 3.8) is 0 Å². The Bertz CT molecular complexity index is 819. The molecule has 2 atom stereocenters. The number of thioether (sulfide) groups is 1. The lowest BCUT2D eigenvalue weighted by Crippen LogP contribution is -2.39. The van der Waals surface area contributed by atoms with Gasteiger partial charge in [0, 0.05) is 6.04 Å². The summed E-state index contributed by atoms with van der Waals surface area (Å²) >= 11 is 2.65. The van der Waals surface area contributed by atoms with E-state index in [1.807, 2.05) is 12.1 Å². The maximum Gasteiger partial charge on any atom is 0.233 e. The number of hydrogen-bond donors (Lipinski definition) is 2. The van der Waals surface area contributed by atoms with Crippen LogP contribution in [0.5, 0.6) is 0 Å². The third kappa shape index (κ3) is 5.19. The third-order valence-corrected chi connectivity index (χ3v) is 7.46. The molecule has 1 amide bonds. The molecule has 1 aliphatic heterocycles. The molecule has 0 aromatic carbocycles. The van der Waals surface area contributed by atoms with E-state index in [4.69, 9.17) is 4.42 Å². The second-order valence-corrected chi connectivity index (χ2v) is 10.5. The number of nitrogens with zero attached hydrogens (tertiary/aromatic N) is 2. The van der Waals surface area contributed by atoms with Crippen LogP contribution in [0.15, 0.2) is 27.2 Å². The average molecular weight is 403 g/mol. The van der Waals surface area contributed by atoms with Gasteiger partial charge in [-0.2, -0.15) is 0 Å². The van der Waals surface area contributed by atoms with Gasteiger partial charge in [-0.3, -0.25) is 4.79 Å².